The first-order chi connectivity index (χ1) is 9.55. The van der Waals surface area contributed by atoms with Gasteiger partial charge in [-0.2, -0.15) is 0 Å². The molecule has 2 nitrogen and oxygen atoms in total. The Labute approximate surface area is 124 Å². The Morgan fingerprint density at radius 1 is 1.10 bits per heavy atom. The summed E-state index contributed by atoms with van der Waals surface area (Å²) >= 11 is 0. The number of hydrogen-bond donors (Lipinski definition) is 1. The van der Waals surface area contributed by atoms with Crippen LogP contribution in [0, 0.1) is 11.8 Å². The highest BCUT2D eigenvalue weighted by Gasteiger charge is 2.10. The summed E-state index contributed by atoms with van der Waals surface area (Å²) in [5.74, 6) is 2.29. The van der Waals surface area contributed by atoms with E-state index in [1.165, 1.54) is 18.5 Å². The number of rotatable bonds is 9. The number of ether oxygens (including phenoxy) is 1. The summed E-state index contributed by atoms with van der Waals surface area (Å²) in [4.78, 5) is 0. The van der Waals surface area contributed by atoms with Crippen LogP contribution < -0.4 is 10.1 Å². The molecule has 2 heteroatoms. The molecule has 0 spiro atoms. The van der Waals surface area contributed by atoms with E-state index < -0.39 is 0 Å². The maximum Gasteiger partial charge on any atom is 0.121 e. The van der Waals surface area contributed by atoms with Crippen molar-refractivity contribution in [1.82, 2.24) is 0 Å². The van der Waals surface area contributed by atoms with E-state index in [1.807, 2.05) is 6.07 Å². The number of nitrogens with one attached hydrogen (secondary N) is 1. The fourth-order valence-corrected chi connectivity index (χ4v) is 2.15. The zero-order valence-corrected chi connectivity index (χ0v) is 13.8. The van der Waals surface area contributed by atoms with Crippen LogP contribution >= 0.6 is 0 Å². The van der Waals surface area contributed by atoms with Gasteiger partial charge in [-0.15, -0.1) is 0 Å². The normalized spacial score (nSPS) is 14.1. The summed E-state index contributed by atoms with van der Waals surface area (Å²) in [6.07, 6.45) is 3.63. The Kier molecular flexibility index (Phi) is 7.50. The van der Waals surface area contributed by atoms with Gasteiger partial charge in [-0.3, -0.25) is 0 Å². The van der Waals surface area contributed by atoms with Crippen LogP contribution in [0.1, 0.15) is 53.9 Å². The molecule has 0 bridgehead atoms. The van der Waals surface area contributed by atoms with Crippen LogP contribution in [0.25, 0.3) is 0 Å². The van der Waals surface area contributed by atoms with Crippen LogP contribution in [0.4, 0.5) is 5.69 Å². The van der Waals surface area contributed by atoms with Gasteiger partial charge in [0.1, 0.15) is 5.75 Å². The first kappa shape index (κ1) is 16.9. The smallest absolute Gasteiger partial charge is 0.121 e. The van der Waals surface area contributed by atoms with Crippen molar-refractivity contribution in [3.63, 3.8) is 0 Å². The molecule has 0 saturated carbocycles. The van der Waals surface area contributed by atoms with Gasteiger partial charge in [0.2, 0.25) is 0 Å². The number of benzene rings is 1. The first-order valence-electron chi connectivity index (χ1n) is 8.04. The monoisotopic (exact) mass is 277 g/mol. The SMILES string of the molecule is CCC(C)CC(CC)Nc1cccc(OCC(C)C)c1. The Morgan fingerprint density at radius 2 is 1.85 bits per heavy atom. The van der Waals surface area contributed by atoms with Gasteiger partial charge in [0.15, 0.2) is 0 Å². The van der Waals surface area contributed by atoms with Gasteiger partial charge in [-0.05, 0) is 36.8 Å². The summed E-state index contributed by atoms with van der Waals surface area (Å²) in [7, 11) is 0. The van der Waals surface area contributed by atoms with Crippen molar-refractivity contribution in [2.24, 2.45) is 11.8 Å². The highest BCUT2D eigenvalue weighted by atomic mass is 16.5. The number of hydrogen-bond acceptors (Lipinski definition) is 2. The Morgan fingerprint density at radius 3 is 2.45 bits per heavy atom. The van der Waals surface area contributed by atoms with Crippen LogP contribution in [-0.4, -0.2) is 12.6 Å². The zero-order chi connectivity index (χ0) is 15.0. The van der Waals surface area contributed by atoms with E-state index in [0.717, 1.165) is 24.7 Å². The lowest BCUT2D eigenvalue weighted by Gasteiger charge is -2.22. The molecule has 2 atom stereocenters. The van der Waals surface area contributed by atoms with E-state index in [-0.39, 0.29) is 0 Å². The van der Waals surface area contributed by atoms with Crippen molar-refractivity contribution in [1.29, 1.82) is 0 Å². The van der Waals surface area contributed by atoms with Gasteiger partial charge >= 0.3 is 0 Å². The molecule has 1 rings (SSSR count). The molecule has 1 aromatic rings. The van der Waals surface area contributed by atoms with Crippen molar-refractivity contribution in [3.8, 4) is 5.75 Å². The summed E-state index contributed by atoms with van der Waals surface area (Å²) < 4.78 is 5.79. The van der Waals surface area contributed by atoms with Gasteiger partial charge in [-0.25, -0.2) is 0 Å². The van der Waals surface area contributed by atoms with E-state index in [9.17, 15) is 0 Å². The third-order valence-electron chi connectivity index (χ3n) is 3.66. The molecule has 2 unspecified atom stereocenters. The van der Waals surface area contributed by atoms with Gasteiger partial charge in [0.25, 0.3) is 0 Å². The molecule has 20 heavy (non-hydrogen) atoms. The fraction of sp³-hybridized carbons (Fsp3) is 0.667. The van der Waals surface area contributed by atoms with Crippen molar-refractivity contribution < 1.29 is 4.74 Å². The molecule has 1 N–H and O–H groups in total. The lowest BCUT2D eigenvalue weighted by Crippen LogP contribution is -2.21. The van der Waals surface area contributed by atoms with Gasteiger partial charge < -0.3 is 10.1 Å². The molecule has 0 fully saturated rings. The Bertz CT molecular complexity index is 375. The molecule has 0 heterocycles. The minimum Gasteiger partial charge on any atom is -0.493 e. The molecule has 0 amide bonds. The van der Waals surface area contributed by atoms with E-state index in [4.69, 9.17) is 4.74 Å². The average Bonchev–Trinajstić information content (AvgIpc) is 2.44. The number of anilines is 1. The predicted octanol–water partition coefficient (Wildman–Crippen LogP) is 5.35. The van der Waals surface area contributed by atoms with Crippen LogP contribution in [0.15, 0.2) is 24.3 Å². The fourth-order valence-electron chi connectivity index (χ4n) is 2.15. The van der Waals surface area contributed by atoms with Crippen LogP contribution in [0.2, 0.25) is 0 Å². The second-order valence-corrected chi connectivity index (χ2v) is 6.23. The van der Waals surface area contributed by atoms with Crippen molar-refractivity contribution >= 4 is 5.69 Å². The van der Waals surface area contributed by atoms with Gasteiger partial charge in [0.05, 0.1) is 6.61 Å². The summed E-state index contributed by atoms with van der Waals surface area (Å²) in [5.41, 5.74) is 1.17. The molecular weight excluding hydrogens is 246 g/mol. The largest absolute Gasteiger partial charge is 0.493 e. The van der Waals surface area contributed by atoms with Crippen molar-refractivity contribution in [3.05, 3.63) is 24.3 Å². The van der Waals surface area contributed by atoms with Crippen LogP contribution in [0.3, 0.4) is 0 Å². The van der Waals surface area contributed by atoms with Gasteiger partial charge in [-0.1, -0.05) is 47.1 Å². The van der Waals surface area contributed by atoms with Crippen LogP contribution in [-0.2, 0) is 0 Å². The summed E-state index contributed by atoms with van der Waals surface area (Å²) in [5, 5.41) is 3.64. The average molecular weight is 277 g/mol. The van der Waals surface area contributed by atoms with E-state index in [0.29, 0.717) is 12.0 Å². The van der Waals surface area contributed by atoms with E-state index >= 15 is 0 Å². The molecule has 114 valence electrons. The molecule has 1 aromatic carbocycles. The minimum atomic E-state index is 0.547. The quantitative estimate of drug-likeness (QED) is 0.657. The molecule has 0 aromatic heterocycles. The molecule has 0 aliphatic heterocycles. The zero-order valence-electron chi connectivity index (χ0n) is 13.8. The molecule has 0 aliphatic rings. The molecule has 0 saturated heterocycles. The molecular formula is C18H31NO. The lowest BCUT2D eigenvalue weighted by molar-refractivity contribution is 0.271. The molecule has 0 radical (unpaired) electrons. The second-order valence-electron chi connectivity index (χ2n) is 6.23. The third kappa shape index (κ3) is 6.31. The summed E-state index contributed by atoms with van der Waals surface area (Å²) in [6, 6.07) is 8.88. The highest BCUT2D eigenvalue weighted by Crippen LogP contribution is 2.21. The Balaban J connectivity index is 2.59. The first-order valence-corrected chi connectivity index (χ1v) is 8.04. The second kappa shape index (κ2) is 8.89. The maximum atomic E-state index is 5.79. The lowest BCUT2D eigenvalue weighted by atomic mass is 9.97. The summed E-state index contributed by atoms with van der Waals surface area (Å²) in [6.45, 7) is 11.9. The Hall–Kier alpha value is -1.18. The predicted molar refractivity (Wildman–Crippen MR) is 88.5 cm³/mol. The van der Waals surface area contributed by atoms with E-state index in [1.54, 1.807) is 0 Å². The van der Waals surface area contributed by atoms with Gasteiger partial charge in [0, 0.05) is 17.8 Å². The standard InChI is InChI=1S/C18H31NO/c1-6-15(5)11-16(7-2)19-17-9-8-10-18(12-17)20-13-14(3)4/h8-10,12,14-16,19H,6-7,11,13H2,1-5H3. The van der Waals surface area contributed by atoms with Crippen molar-refractivity contribution in [2.45, 2.75) is 59.9 Å². The maximum absolute atomic E-state index is 5.79. The van der Waals surface area contributed by atoms with E-state index in [2.05, 4.69) is 58.1 Å². The topological polar surface area (TPSA) is 21.3 Å². The van der Waals surface area contributed by atoms with Crippen molar-refractivity contribution in [2.75, 3.05) is 11.9 Å². The minimum absolute atomic E-state index is 0.547. The molecule has 0 aliphatic carbocycles. The van der Waals surface area contributed by atoms with Crippen LogP contribution in [0.5, 0.6) is 5.75 Å². The highest BCUT2D eigenvalue weighted by molar-refractivity contribution is 5.48. The third-order valence-corrected chi connectivity index (χ3v) is 3.66.